The Kier molecular flexibility index (Phi) is 5.74. The topological polar surface area (TPSA) is 53.7 Å². The maximum atomic E-state index is 13.1. The Bertz CT molecular complexity index is 623. The van der Waals surface area contributed by atoms with Gasteiger partial charge < -0.3 is 14.4 Å². The van der Waals surface area contributed by atoms with E-state index in [1.54, 1.807) is 29.7 Å². The van der Waals surface area contributed by atoms with Crippen LogP contribution in [0, 0.1) is 0 Å². The highest BCUT2D eigenvalue weighted by atomic mass is 32.1. The van der Waals surface area contributed by atoms with Crippen LogP contribution in [0.3, 0.4) is 0 Å². The second kappa shape index (κ2) is 7.99. The summed E-state index contributed by atoms with van der Waals surface area (Å²) in [5, 5.41) is 14.5. The first-order chi connectivity index (χ1) is 11.7. The number of hydrogen-bond acceptors (Lipinski definition) is 4. The van der Waals surface area contributed by atoms with Crippen LogP contribution in [0.1, 0.15) is 62.4 Å². The first-order valence-corrected chi connectivity index (χ1v) is 9.65. The first kappa shape index (κ1) is 17.2. The molecule has 1 fully saturated rings. The Hall–Kier alpha value is -1.59. The van der Waals surface area contributed by atoms with Crippen LogP contribution in [0.4, 0.5) is 0 Å². The van der Waals surface area contributed by atoms with Gasteiger partial charge in [0.2, 0.25) is 5.91 Å². The molecule has 1 aliphatic heterocycles. The third-order valence-corrected chi connectivity index (χ3v) is 5.64. The van der Waals surface area contributed by atoms with Gasteiger partial charge in [-0.1, -0.05) is 12.8 Å². The van der Waals surface area contributed by atoms with Crippen LogP contribution in [0.2, 0.25) is 0 Å². The zero-order valence-electron chi connectivity index (χ0n) is 14.1. The van der Waals surface area contributed by atoms with E-state index in [-0.39, 0.29) is 17.9 Å². The molecule has 24 heavy (non-hydrogen) atoms. The molecule has 0 aromatic carbocycles. The molecular weight excluding hydrogens is 322 g/mol. The van der Waals surface area contributed by atoms with Crippen LogP contribution in [0.25, 0.3) is 0 Å². The molecule has 3 rings (SSSR count). The second-order valence-electron chi connectivity index (χ2n) is 6.58. The monoisotopic (exact) mass is 347 g/mol. The predicted molar refractivity (Wildman–Crippen MR) is 95.0 cm³/mol. The van der Waals surface area contributed by atoms with E-state index in [1.165, 1.54) is 0 Å². The van der Waals surface area contributed by atoms with Gasteiger partial charge in [-0.15, -0.1) is 0 Å². The highest BCUT2D eigenvalue weighted by Gasteiger charge is 2.31. The molecule has 2 aromatic rings. The van der Waals surface area contributed by atoms with Crippen LogP contribution in [-0.2, 0) is 4.79 Å². The molecule has 4 nitrogen and oxygen atoms in total. The summed E-state index contributed by atoms with van der Waals surface area (Å²) < 4.78 is 5.32. The number of likely N-dealkylation sites (tertiary alicyclic amines) is 1. The van der Waals surface area contributed by atoms with E-state index in [1.807, 2.05) is 28.7 Å². The predicted octanol–water partition coefficient (Wildman–Crippen LogP) is 4.34. The summed E-state index contributed by atoms with van der Waals surface area (Å²) in [6.07, 6.45) is 5.68. The number of carbonyl (C=O) groups is 1. The zero-order valence-corrected chi connectivity index (χ0v) is 14.9. The average molecular weight is 347 g/mol. The second-order valence-corrected chi connectivity index (χ2v) is 7.36. The average Bonchev–Trinajstić information content (AvgIpc) is 3.25. The van der Waals surface area contributed by atoms with E-state index in [9.17, 15) is 9.90 Å². The van der Waals surface area contributed by atoms with E-state index >= 15 is 0 Å². The lowest BCUT2D eigenvalue weighted by Crippen LogP contribution is -2.42. The summed E-state index contributed by atoms with van der Waals surface area (Å²) in [6, 6.07) is 5.67. The van der Waals surface area contributed by atoms with E-state index in [0.29, 0.717) is 12.2 Å². The summed E-state index contributed by atoms with van der Waals surface area (Å²) in [6.45, 7) is 2.76. The molecule has 130 valence electrons. The summed E-state index contributed by atoms with van der Waals surface area (Å²) >= 11 is 1.62. The third-order valence-electron chi connectivity index (χ3n) is 4.94. The number of hydrogen-bond donors (Lipinski definition) is 1. The standard InChI is InChI=1S/C19H25NO3S/c1-14(15-8-11-24-13-15)19(22)20-9-4-2-3-6-16(20)12-17(21)18-7-5-10-23-18/h5,7-8,10-11,13-14,16-17,21H,2-4,6,9,12H2,1H3. The van der Waals surface area contributed by atoms with Crippen molar-refractivity contribution in [3.05, 3.63) is 46.5 Å². The van der Waals surface area contributed by atoms with E-state index < -0.39 is 6.10 Å². The number of aliphatic hydroxyl groups excluding tert-OH is 1. The molecular formula is C19H25NO3S. The maximum absolute atomic E-state index is 13.1. The normalized spacial score (nSPS) is 21.2. The lowest BCUT2D eigenvalue weighted by Gasteiger charge is -2.33. The molecule has 2 aromatic heterocycles. The van der Waals surface area contributed by atoms with Crippen molar-refractivity contribution in [3.8, 4) is 0 Å². The largest absolute Gasteiger partial charge is 0.467 e. The van der Waals surface area contributed by atoms with Crippen molar-refractivity contribution in [1.29, 1.82) is 0 Å². The van der Waals surface area contributed by atoms with E-state index in [2.05, 4.69) is 0 Å². The van der Waals surface area contributed by atoms with Crippen molar-refractivity contribution in [3.63, 3.8) is 0 Å². The van der Waals surface area contributed by atoms with Gasteiger partial charge in [-0.3, -0.25) is 4.79 Å². The van der Waals surface area contributed by atoms with E-state index in [4.69, 9.17) is 4.42 Å². The summed E-state index contributed by atoms with van der Waals surface area (Å²) in [5.74, 6) is 0.627. The van der Waals surface area contributed by atoms with Gasteiger partial charge in [-0.25, -0.2) is 0 Å². The summed E-state index contributed by atoms with van der Waals surface area (Å²) in [5.41, 5.74) is 1.08. The number of rotatable bonds is 5. The van der Waals surface area contributed by atoms with Crippen molar-refractivity contribution < 1.29 is 14.3 Å². The Morgan fingerprint density at radius 1 is 1.42 bits per heavy atom. The quantitative estimate of drug-likeness (QED) is 0.875. The smallest absolute Gasteiger partial charge is 0.230 e. The fraction of sp³-hybridized carbons (Fsp3) is 0.526. The lowest BCUT2D eigenvalue weighted by atomic mass is 9.98. The molecule has 1 amide bonds. The molecule has 5 heteroatoms. The number of carbonyl (C=O) groups excluding carboxylic acids is 1. The van der Waals surface area contributed by atoms with Crippen LogP contribution >= 0.6 is 11.3 Å². The Labute approximate surface area is 147 Å². The van der Waals surface area contributed by atoms with Gasteiger partial charge >= 0.3 is 0 Å². The van der Waals surface area contributed by atoms with Crippen LogP contribution in [0.5, 0.6) is 0 Å². The number of nitrogens with zero attached hydrogens (tertiary/aromatic N) is 1. The molecule has 3 atom stereocenters. The van der Waals surface area contributed by atoms with Gasteiger partial charge in [0.05, 0.1) is 12.2 Å². The fourth-order valence-electron chi connectivity index (χ4n) is 3.48. The Morgan fingerprint density at radius 2 is 2.29 bits per heavy atom. The number of thiophene rings is 1. The van der Waals surface area contributed by atoms with Crippen molar-refractivity contribution in [2.75, 3.05) is 6.54 Å². The zero-order chi connectivity index (χ0) is 16.9. The summed E-state index contributed by atoms with van der Waals surface area (Å²) in [7, 11) is 0. The minimum absolute atomic E-state index is 0.0705. The molecule has 0 radical (unpaired) electrons. The van der Waals surface area contributed by atoms with Crippen LogP contribution in [0.15, 0.2) is 39.6 Å². The van der Waals surface area contributed by atoms with Crippen LogP contribution in [-0.4, -0.2) is 28.5 Å². The molecule has 1 aliphatic rings. The molecule has 0 spiro atoms. The summed E-state index contributed by atoms with van der Waals surface area (Å²) in [4.78, 5) is 15.1. The van der Waals surface area contributed by atoms with Crippen molar-refractivity contribution in [1.82, 2.24) is 4.90 Å². The van der Waals surface area contributed by atoms with Gasteiger partial charge in [0, 0.05) is 19.0 Å². The highest BCUT2D eigenvalue weighted by Crippen LogP contribution is 2.30. The van der Waals surface area contributed by atoms with Gasteiger partial charge in [0.15, 0.2) is 0 Å². The number of aliphatic hydroxyl groups is 1. The molecule has 1 saturated heterocycles. The highest BCUT2D eigenvalue weighted by molar-refractivity contribution is 7.08. The minimum Gasteiger partial charge on any atom is -0.467 e. The third kappa shape index (κ3) is 3.90. The molecule has 3 heterocycles. The van der Waals surface area contributed by atoms with Gasteiger partial charge in [-0.2, -0.15) is 11.3 Å². The maximum Gasteiger partial charge on any atom is 0.230 e. The Morgan fingerprint density at radius 3 is 3.00 bits per heavy atom. The first-order valence-electron chi connectivity index (χ1n) is 8.71. The van der Waals surface area contributed by atoms with Crippen molar-refractivity contribution in [2.45, 2.75) is 57.1 Å². The lowest BCUT2D eigenvalue weighted by molar-refractivity contribution is -0.135. The number of furan rings is 1. The SMILES string of the molecule is CC(C(=O)N1CCCCCC1CC(O)c1ccco1)c1ccsc1. The minimum atomic E-state index is -0.658. The fourth-order valence-corrected chi connectivity index (χ4v) is 4.23. The van der Waals surface area contributed by atoms with Gasteiger partial charge in [-0.05, 0) is 54.3 Å². The Balaban J connectivity index is 1.73. The molecule has 0 aliphatic carbocycles. The van der Waals surface area contributed by atoms with E-state index in [0.717, 1.165) is 37.8 Å². The molecule has 3 unspecified atom stereocenters. The number of amides is 1. The van der Waals surface area contributed by atoms with Crippen LogP contribution < -0.4 is 0 Å². The van der Waals surface area contributed by atoms with Gasteiger partial charge in [0.1, 0.15) is 11.9 Å². The van der Waals surface area contributed by atoms with Gasteiger partial charge in [0.25, 0.3) is 0 Å². The molecule has 0 bridgehead atoms. The molecule has 1 N–H and O–H groups in total. The molecule has 0 saturated carbocycles. The van der Waals surface area contributed by atoms with Crippen molar-refractivity contribution >= 4 is 17.2 Å². The van der Waals surface area contributed by atoms with Crippen molar-refractivity contribution in [2.24, 2.45) is 0 Å².